The monoisotopic (exact) mass is 291 g/mol. The van der Waals surface area contributed by atoms with Gasteiger partial charge < -0.3 is 4.74 Å². The second kappa shape index (κ2) is 5.43. The number of esters is 1. The summed E-state index contributed by atoms with van der Waals surface area (Å²) >= 11 is 0. The highest BCUT2D eigenvalue weighted by atomic mass is 32.2. The first-order chi connectivity index (χ1) is 7.72. The lowest BCUT2D eigenvalue weighted by Crippen LogP contribution is -2.44. The Labute approximate surface area is 104 Å². The molecule has 108 valence electrons. The van der Waals surface area contributed by atoms with Gasteiger partial charge in [0.1, 0.15) is 11.6 Å². The van der Waals surface area contributed by atoms with Crippen LogP contribution in [0.15, 0.2) is 0 Å². The molecule has 0 saturated heterocycles. The van der Waals surface area contributed by atoms with Gasteiger partial charge in [0.25, 0.3) is 0 Å². The SMILES string of the molecule is CC(NS(=O)(=O)CC(F)(F)F)C(=O)OC(C)(C)C. The zero-order valence-electron chi connectivity index (χ0n) is 10.5. The van der Waals surface area contributed by atoms with Gasteiger partial charge in [-0.2, -0.15) is 13.2 Å². The number of hydrogen-bond acceptors (Lipinski definition) is 4. The third-order valence-corrected chi connectivity index (χ3v) is 2.89. The van der Waals surface area contributed by atoms with Crippen molar-refractivity contribution in [2.24, 2.45) is 0 Å². The summed E-state index contributed by atoms with van der Waals surface area (Å²) < 4.78 is 64.4. The molecule has 5 nitrogen and oxygen atoms in total. The number of ether oxygens (including phenoxy) is 1. The third-order valence-electron chi connectivity index (χ3n) is 1.47. The number of halogens is 3. The highest BCUT2D eigenvalue weighted by Crippen LogP contribution is 2.17. The molecule has 0 aromatic carbocycles. The highest BCUT2D eigenvalue weighted by molar-refractivity contribution is 7.89. The van der Waals surface area contributed by atoms with Gasteiger partial charge in [-0.05, 0) is 27.7 Å². The Kier molecular flexibility index (Phi) is 5.18. The molecule has 18 heavy (non-hydrogen) atoms. The maximum Gasteiger partial charge on any atom is 0.404 e. The minimum absolute atomic E-state index is 0.846. The lowest BCUT2D eigenvalue weighted by molar-refractivity contribution is -0.156. The van der Waals surface area contributed by atoms with Crippen molar-refractivity contribution in [2.75, 3.05) is 5.75 Å². The zero-order chi connectivity index (χ0) is 14.8. The Hall–Kier alpha value is -0.830. The second-order valence-electron chi connectivity index (χ2n) is 4.75. The van der Waals surface area contributed by atoms with Crippen LogP contribution in [0.25, 0.3) is 0 Å². The van der Waals surface area contributed by atoms with Gasteiger partial charge in [-0.3, -0.25) is 4.79 Å². The Morgan fingerprint density at radius 1 is 1.28 bits per heavy atom. The summed E-state index contributed by atoms with van der Waals surface area (Å²) in [5.41, 5.74) is -0.846. The van der Waals surface area contributed by atoms with Crippen LogP contribution < -0.4 is 4.72 Å². The number of carbonyl (C=O) groups is 1. The van der Waals surface area contributed by atoms with Crippen LogP contribution in [0.3, 0.4) is 0 Å². The molecular formula is C9H16F3NO4S. The first-order valence-corrected chi connectivity index (χ1v) is 6.67. The summed E-state index contributed by atoms with van der Waals surface area (Å²) in [5.74, 6) is -2.97. The van der Waals surface area contributed by atoms with Gasteiger partial charge in [-0.15, -0.1) is 0 Å². The molecule has 0 aliphatic rings. The molecule has 0 fully saturated rings. The van der Waals surface area contributed by atoms with E-state index < -0.39 is 39.6 Å². The van der Waals surface area contributed by atoms with Crippen LogP contribution in [0.5, 0.6) is 0 Å². The average Bonchev–Trinajstić information content (AvgIpc) is 1.93. The van der Waals surface area contributed by atoms with Crippen molar-refractivity contribution in [1.29, 1.82) is 0 Å². The van der Waals surface area contributed by atoms with Crippen LogP contribution in [-0.2, 0) is 19.6 Å². The van der Waals surface area contributed by atoms with Crippen molar-refractivity contribution in [3.05, 3.63) is 0 Å². The van der Waals surface area contributed by atoms with Crippen LogP contribution in [0.4, 0.5) is 13.2 Å². The van der Waals surface area contributed by atoms with E-state index in [1.165, 1.54) is 0 Å². The zero-order valence-corrected chi connectivity index (χ0v) is 11.3. The number of rotatable bonds is 4. The summed E-state index contributed by atoms with van der Waals surface area (Å²) in [6, 6.07) is -1.38. The van der Waals surface area contributed by atoms with Gasteiger partial charge in [0.2, 0.25) is 10.0 Å². The Balaban J connectivity index is 4.57. The standard InChI is InChI=1S/C9H16F3NO4S/c1-6(7(14)17-8(2,3)4)13-18(15,16)5-9(10,11)12/h6,13H,5H2,1-4H3. The fourth-order valence-electron chi connectivity index (χ4n) is 0.965. The van der Waals surface area contributed by atoms with Crippen LogP contribution in [0, 0.1) is 0 Å². The fraction of sp³-hybridized carbons (Fsp3) is 0.889. The predicted octanol–water partition coefficient (Wildman–Crippen LogP) is 1.20. The van der Waals surface area contributed by atoms with Crippen molar-refractivity contribution >= 4 is 16.0 Å². The average molecular weight is 291 g/mol. The molecule has 0 heterocycles. The normalized spacial score (nSPS) is 15.3. The van der Waals surface area contributed by atoms with Gasteiger partial charge in [-0.1, -0.05) is 0 Å². The van der Waals surface area contributed by atoms with Gasteiger partial charge in [0, 0.05) is 0 Å². The van der Waals surface area contributed by atoms with E-state index in [4.69, 9.17) is 4.74 Å². The summed E-state index contributed by atoms with van der Waals surface area (Å²) in [5, 5.41) is 0. The van der Waals surface area contributed by atoms with Gasteiger partial charge >= 0.3 is 12.1 Å². The van der Waals surface area contributed by atoms with Crippen molar-refractivity contribution in [3.63, 3.8) is 0 Å². The quantitative estimate of drug-likeness (QED) is 0.790. The Morgan fingerprint density at radius 3 is 2.06 bits per heavy atom. The van der Waals surface area contributed by atoms with E-state index in [-0.39, 0.29) is 0 Å². The molecule has 1 atom stereocenters. The van der Waals surface area contributed by atoms with Crippen LogP contribution in [0.2, 0.25) is 0 Å². The molecule has 0 aromatic rings. The molecule has 0 aromatic heterocycles. The molecular weight excluding hydrogens is 275 g/mol. The number of nitrogens with one attached hydrogen (secondary N) is 1. The molecule has 0 rings (SSSR count). The van der Waals surface area contributed by atoms with Gasteiger partial charge in [0.05, 0.1) is 0 Å². The first kappa shape index (κ1) is 17.2. The molecule has 0 amide bonds. The highest BCUT2D eigenvalue weighted by Gasteiger charge is 2.37. The lowest BCUT2D eigenvalue weighted by atomic mass is 10.2. The minimum atomic E-state index is -4.86. The molecule has 1 N–H and O–H groups in total. The molecule has 0 saturated carbocycles. The predicted molar refractivity (Wildman–Crippen MR) is 58.3 cm³/mol. The summed E-state index contributed by atoms with van der Waals surface area (Å²) in [4.78, 5) is 11.4. The molecule has 0 aliphatic heterocycles. The van der Waals surface area contributed by atoms with Crippen molar-refractivity contribution < 1.29 is 31.1 Å². The third kappa shape index (κ3) is 8.29. The van der Waals surface area contributed by atoms with Crippen molar-refractivity contribution in [3.8, 4) is 0 Å². The maximum absolute atomic E-state index is 11.9. The van der Waals surface area contributed by atoms with Crippen LogP contribution in [0.1, 0.15) is 27.7 Å². The molecule has 1 unspecified atom stereocenters. The van der Waals surface area contributed by atoms with E-state index in [1.807, 2.05) is 0 Å². The molecule has 0 aliphatic carbocycles. The summed E-state index contributed by atoms with van der Waals surface area (Å²) in [6.45, 7) is 5.79. The van der Waals surface area contributed by atoms with E-state index in [9.17, 15) is 26.4 Å². The largest absolute Gasteiger partial charge is 0.459 e. The maximum atomic E-state index is 11.9. The van der Waals surface area contributed by atoms with E-state index >= 15 is 0 Å². The minimum Gasteiger partial charge on any atom is -0.459 e. The molecule has 0 bridgehead atoms. The van der Waals surface area contributed by atoms with Crippen molar-refractivity contribution in [2.45, 2.75) is 45.5 Å². The van der Waals surface area contributed by atoms with E-state index in [0.717, 1.165) is 6.92 Å². The van der Waals surface area contributed by atoms with E-state index in [2.05, 4.69) is 0 Å². The summed E-state index contributed by atoms with van der Waals surface area (Å²) in [6.07, 6.45) is -4.86. The molecule has 0 radical (unpaired) electrons. The van der Waals surface area contributed by atoms with Crippen LogP contribution in [-0.4, -0.2) is 38.0 Å². The number of sulfonamides is 1. The van der Waals surface area contributed by atoms with Gasteiger partial charge in [0.15, 0.2) is 5.75 Å². The topological polar surface area (TPSA) is 72.5 Å². The van der Waals surface area contributed by atoms with E-state index in [1.54, 1.807) is 25.5 Å². The fourth-order valence-corrected chi connectivity index (χ4v) is 2.11. The molecule has 0 spiro atoms. The Bertz CT molecular complexity index is 397. The smallest absolute Gasteiger partial charge is 0.404 e. The van der Waals surface area contributed by atoms with Crippen molar-refractivity contribution in [1.82, 2.24) is 4.72 Å². The second-order valence-corrected chi connectivity index (χ2v) is 6.50. The number of alkyl halides is 3. The Morgan fingerprint density at radius 2 is 1.72 bits per heavy atom. The first-order valence-electron chi connectivity index (χ1n) is 5.01. The number of carbonyl (C=O) groups excluding carboxylic acids is 1. The van der Waals surface area contributed by atoms with E-state index in [0.29, 0.717) is 0 Å². The molecule has 9 heteroatoms. The van der Waals surface area contributed by atoms with Gasteiger partial charge in [-0.25, -0.2) is 13.1 Å². The lowest BCUT2D eigenvalue weighted by Gasteiger charge is -2.22. The summed E-state index contributed by atoms with van der Waals surface area (Å²) in [7, 11) is -4.61. The number of hydrogen-bond donors (Lipinski definition) is 1. The van der Waals surface area contributed by atoms with Crippen LogP contribution >= 0.6 is 0 Å².